The predicted molar refractivity (Wildman–Crippen MR) is 175 cm³/mol. The van der Waals surface area contributed by atoms with Crippen molar-refractivity contribution in [3.8, 4) is 0 Å². The lowest BCUT2D eigenvalue weighted by Crippen LogP contribution is -2.66. The monoisotopic (exact) mass is 647 g/mol. The number of amides is 5. The molecule has 0 radical (unpaired) electrons. The van der Waals surface area contributed by atoms with Crippen LogP contribution in [-0.4, -0.2) is 113 Å². The maximum Gasteiger partial charge on any atom is 0.320 e. The zero-order valence-electron chi connectivity index (χ0n) is 27.9. The highest BCUT2D eigenvalue weighted by Crippen LogP contribution is 2.45. The summed E-state index contributed by atoms with van der Waals surface area (Å²) in [5.41, 5.74) is 0.912. The Bertz CT molecular complexity index is 1430. The Morgan fingerprint density at radius 2 is 1.72 bits per heavy atom. The van der Waals surface area contributed by atoms with Gasteiger partial charge in [-0.3, -0.25) is 19.1 Å². The molecule has 4 aliphatic rings. The summed E-state index contributed by atoms with van der Waals surface area (Å²) in [6, 6.07) is 9.25. The number of nitrogens with one attached hydrogen (secondary N) is 2. The van der Waals surface area contributed by atoms with Crippen molar-refractivity contribution in [1.82, 2.24) is 35.1 Å². The fourth-order valence-electron chi connectivity index (χ4n) is 7.55. The first-order valence-corrected chi connectivity index (χ1v) is 17.2. The van der Waals surface area contributed by atoms with Gasteiger partial charge in [0, 0.05) is 64.5 Å². The molecule has 2 saturated carbocycles. The van der Waals surface area contributed by atoms with Crippen molar-refractivity contribution in [1.29, 1.82) is 0 Å². The number of carbonyl (C=O) groups excluding carboxylic acids is 4. The molecular weight excluding hydrogens is 598 g/mol. The number of hydrogen-bond donors (Lipinski definition) is 2. The lowest BCUT2D eigenvalue weighted by Gasteiger charge is -2.51. The third-order valence-corrected chi connectivity index (χ3v) is 10.6. The van der Waals surface area contributed by atoms with Crippen molar-refractivity contribution >= 4 is 23.8 Å². The Morgan fingerprint density at radius 3 is 2.40 bits per heavy atom. The zero-order valence-corrected chi connectivity index (χ0v) is 27.9. The van der Waals surface area contributed by atoms with E-state index in [2.05, 4.69) is 15.7 Å². The largest absolute Gasteiger partial charge is 0.376 e. The van der Waals surface area contributed by atoms with Gasteiger partial charge in [0.25, 0.3) is 5.91 Å². The number of nitrogens with zero attached hydrogens (tertiary/aromatic N) is 5. The SMILES string of the molecule is CNC(=O)[C@@H](NC(=O)[C@@H]1CN(C(=O)c2cnn(Cc3ccccc3)c2)CC12CN(C(=O)N(C)C1CC1)C2)[C@@H](C)OCC1CCCCC1. The number of likely N-dealkylation sites (N-methyl/N-ethyl adjacent to an activating group) is 1. The van der Waals surface area contributed by atoms with E-state index in [0.29, 0.717) is 44.3 Å². The highest BCUT2D eigenvalue weighted by atomic mass is 16.5. The van der Waals surface area contributed by atoms with Gasteiger partial charge in [-0.05, 0) is 44.1 Å². The van der Waals surface area contributed by atoms with Crippen LogP contribution in [0.3, 0.4) is 0 Å². The second kappa shape index (κ2) is 14.0. The maximum absolute atomic E-state index is 14.1. The van der Waals surface area contributed by atoms with Gasteiger partial charge in [0.1, 0.15) is 6.04 Å². The van der Waals surface area contributed by atoms with Crippen LogP contribution in [0, 0.1) is 17.3 Å². The highest BCUT2D eigenvalue weighted by Gasteiger charge is 2.59. The summed E-state index contributed by atoms with van der Waals surface area (Å²) >= 11 is 0. The van der Waals surface area contributed by atoms with E-state index in [1.165, 1.54) is 19.3 Å². The molecule has 2 aliphatic carbocycles. The van der Waals surface area contributed by atoms with E-state index < -0.39 is 23.5 Å². The van der Waals surface area contributed by atoms with E-state index in [9.17, 15) is 19.2 Å². The Kier molecular flexibility index (Phi) is 9.86. The van der Waals surface area contributed by atoms with E-state index in [4.69, 9.17) is 4.74 Å². The van der Waals surface area contributed by atoms with E-state index in [1.54, 1.807) is 38.8 Å². The number of benzene rings is 1. The van der Waals surface area contributed by atoms with Crippen molar-refractivity contribution in [2.24, 2.45) is 17.3 Å². The number of urea groups is 1. The first kappa shape index (κ1) is 33.0. The van der Waals surface area contributed by atoms with Gasteiger partial charge in [-0.25, -0.2) is 4.79 Å². The molecule has 47 heavy (non-hydrogen) atoms. The van der Waals surface area contributed by atoms with E-state index in [1.807, 2.05) is 44.3 Å². The molecule has 1 spiro atoms. The smallest absolute Gasteiger partial charge is 0.320 e. The molecule has 3 heterocycles. The van der Waals surface area contributed by atoms with E-state index in [-0.39, 0.29) is 36.3 Å². The van der Waals surface area contributed by atoms with E-state index >= 15 is 0 Å². The average Bonchev–Trinajstić information content (AvgIpc) is 3.69. The van der Waals surface area contributed by atoms with Crippen molar-refractivity contribution in [2.75, 3.05) is 46.9 Å². The molecule has 0 bridgehead atoms. The van der Waals surface area contributed by atoms with Crippen molar-refractivity contribution in [3.05, 3.63) is 53.9 Å². The van der Waals surface area contributed by atoms with Crippen LogP contribution < -0.4 is 10.6 Å². The second-order valence-electron chi connectivity index (χ2n) is 14.1. The fourth-order valence-corrected chi connectivity index (χ4v) is 7.55. The van der Waals surface area contributed by atoms with Gasteiger partial charge in [-0.1, -0.05) is 49.6 Å². The number of rotatable bonds is 11. The minimum Gasteiger partial charge on any atom is -0.376 e. The lowest BCUT2D eigenvalue weighted by molar-refractivity contribution is -0.138. The first-order chi connectivity index (χ1) is 22.7. The molecule has 2 aliphatic heterocycles. The molecule has 6 rings (SSSR count). The van der Waals surface area contributed by atoms with Crippen LogP contribution in [0.2, 0.25) is 0 Å². The summed E-state index contributed by atoms with van der Waals surface area (Å²) in [5.74, 6) is -0.958. The number of ether oxygens (including phenoxy) is 1. The van der Waals surface area contributed by atoms with E-state index in [0.717, 1.165) is 31.2 Å². The molecule has 1 aromatic heterocycles. The maximum atomic E-state index is 14.1. The van der Waals surface area contributed by atoms with Crippen LogP contribution in [0.1, 0.15) is 67.8 Å². The van der Waals surface area contributed by atoms with Gasteiger partial charge in [0.2, 0.25) is 11.8 Å². The Balaban J connectivity index is 1.16. The third-order valence-electron chi connectivity index (χ3n) is 10.6. The molecule has 2 aromatic rings. The summed E-state index contributed by atoms with van der Waals surface area (Å²) < 4.78 is 7.91. The topological polar surface area (TPSA) is 129 Å². The summed E-state index contributed by atoms with van der Waals surface area (Å²) in [7, 11) is 3.38. The highest BCUT2D eigenvalue weighted by molar-refractivity contribution is 5.95. The Morgan fingerprint density at radius 1 is 1.02 bits per heavy atom. The normalized spacial score (nSPS) is 22.0. The molecule has 3 atom stereocenters. The molecule has 254 valence electrons. The Hall–Kier alpha value is -3.93. The molecule has 0 unspecified atom stereocenters. The van der Waals surface area contributed by atoms with Gasteiger partial charge in [-0.2, -0.15) is 5.10 Å². The zero-order chi connectivity index (χ0) is 33.1. The van der Waals surface area contributed by atoms with Crippen LogP contribution in [0.15, 0.2) is 42.7 Å². The predicted octanol–water partition coefficient (Wildman–Crippen LogP) is 2.74. The summed E-state index contributed by atoms with van der Waals surface area (Å²) in [6.07, 6.45) is 10.7. The first-order valence-electron chi connectivity index (χ1n) is 17.2. The summed E-state index contributed by atoms with van der Waals surface area (Å²) in [6.45, 7) is 4.19. The van der Waals surface area contributed by atoms with Crippen LogP contribution in [0.25, 0.3) is 0 Å². The van der Waals surface area contributed by atoms with Gasteiger partial charge < -0.3 is 30.1 Å². The van der Waals surface area contributed by atoms with Crippen LogP contribution in [0.4, 0.5) is 4.79 Å². The molecule has 4 fully saturated rings. The lowest BCUT2D eigenvalue weighted by atomic mass is 9.71. The van der Waals surface area contributed by atoms with Crippen LogP contribution in [0.5, 0.6) is 0 Å². The minimum absolute atomic E-state index is 0.0442. The fraction of sp³-hybridized carbons (Fsp3) is 0.629. The minimum atomic E-state index is -0.882. The average molecular weight is 648 g/mol. The van der Waals surface area contributed by atoms with Crippen molar-refractivity contribution < 1.29 is 23.9 Å². The summed E-state index contributed by atoms with van der Waals surface area (Å²) in [5, 5.41) is 10.1. The third kappa shape index (κ3) is 7.32. The molecule has 12 nitrogen and oxygen atoms in total. The van der Waals surface area contributed by atoms with Crippen LogP contribution in [-0.2, 0) is 20.9 Å². The quantitative estimate of drug-likeness (QED) is 0.386. The van der Waals surface area contributed by atoms with Gasteiger partial charge in [-0.15, -0.1) is 0 Å². The molecule has 2 saturated heterocycles. The number of likely N-dealkylation sites (tertiary alicyclic amines) is 2. The molecular formula is C35H49N7O5. The molecule has 12 heteroatoms. The Labute approximate surface area is 277 Å². The van der Waals surface area contributed by atoms with Gasteiger partial charge >= 0.3 is 6.03 Å². The number of carbonyl (C=O) groups is 4. The number of hydrogen-bond acceptors (Lipinski definition) is 6. The van der Waals surface area contributed by atoms with Gasteiger partial charge in [0.05, 0.1) is 30.3 Å². The standard InChI is InChI=1S/C35H49N7O5/c1-24(47-20-26-12-8-5-9-13-26)30(32(44)36-2)38-31(43)29-19-40(21-35(29)22-41(23-35)34(46)39(3)28-14-15-28)33(45)27-16-37-42(18-27)17-25-10-6-4-7-11-25/h4,6-7,10-11,16,18,24,26,28-30H,5,8-9,12-15,17,19-23H2,1-3H3,(H,36,44)(H,38,43)/t24-,29+,30+/m1/s1. The number of aromatic nitrogens is 2. The second-order valence-corrected chi connectivity index (χ2v) is 14.1. The van der Waals surface area contributed by atoms with Crippen molar-refractivity contribution in [2.45, 2.75) is 76.6 Å². The molecule has 2 N–H and O–H groups in total. The molecule has 1 aromatic carbocycles. The van der Waals surface area contributed by atoms with Crippen LogP contribution >= 0.6 is 0 Å². The van der Waals surface area contributed by atoms with Gasteiger partial charge in [0.15, 0.2) is 0 Å². The van der Waals surface area contributed by atoms with Crippen molar-refractivity contribution in [3.63, 3.8) is 0 Å². The molecule has 5 amide bonds. The summed E-state index contributed by atoms with van der Waals surface area (Å²) in [4.78, 5) is 59.4.